The van der Waals surface area contributed by atoms with Gasteiger partial charge in [0.25, 0.3) is 5.91 Å². The van der Waals surface area contributed by atoms with Gasteiger partial charge < -0.3 is 15.1 Å². The molecule has 0 aliphatic carbocycles. The lowest BCUT2D eigenvalue weighted by Crippen LogP contribution is -2.43. The first-order valence-corrected chi connectivity index (χ1v) is 6.20. The molecule has 0 aromatic heterocycles. The summed E-state index contributed by atoms with van der Waals surface area (Å²) in [6, 6.07) is 3.22. The predicted molar refractivity (Wildman–Crippen MR) is 67.3 cm³/mol. The van der Waals surface area contributed by atoms with Gasteiger partial charge in [0.05, 0.1) is 5.69 Å². The summed E-state index contributed by atoms with van der Waals surface area (Å²) in [6.07, 6.45) is 0. The Balaban J connectivity index is 1.98. The molecule has 0 saturated carbocycles. The van der Waals surface area contributed by atoms with Crippen molar-refractivity contribution in [2.45, 2.75) is 6.54 Å². The van der Waals surface area contributed by atoms with Crippen molar-refractivity contribution in [3.05, 3.63) is 29.1 Å². The van der Waals surface area contributed by atoms with Gasteiger partial charge in [0.2, 0.25) is 0 Å². The minimum Gasteiger partial charge on any atom is -0.367 e. The van der Waals surface area contributed by atoms with Crippen molar-refractivity contribution in [3.63, 3.8) is 0 Å². The van der Waals surface area contributed by atoms with Crippen molar-refractivity contribution in [1.82, 2.24) is 10.2 Å². The van der Waals surface area contributed by atoms with Gasteiger partial charge >= 0.3 is 0 Å². The number of piperazine rings is 1. The van der Waals surface area contributed by atoms with Crippen LogP contribution in [0.25, 0.3) is 0 Å². The molecule has 0 spiro atoms. The van der Waals surface area contributed by atoms with E-state index in [1.165, 1.54) is 6.07 Å². The summed E-state index contributed by atoms with van der Waals surface area (Å²) in [5.41, 5.74) is 2.06. The van der Waals surface area contributed by atoms with Crippen molar-refractivity contribution in [3.8, 4) is 0 Å². The number of nitrogens with zero attached hydrogens (tertiary/aromatic N) is 2. The van der Waals surface area contributed by atoms with Crippen molar-refractivity contribution < 1.29 is 9.18 Å². The highest BCUT2D eigenvalue weighted by Crippen LogP contribution is 2.29. The lowest BCUT2D eigenvalue weighted by molar-refractivity contribution is 0.0816. The fourth-order valence-corrected chi connectivity index (χ4v) is 2.62. The van der Waals surface area contributed by atoms with Crippen LogP contribution < -0.4 is 10.2 Å². The van der Waals surface area contributed by atoms with Crippen LogP contribution in [0.15, 0.2) is 12.1 Å². The second-order valence-corrected chi connectivity index (χ2v) is 4.86. The normalized spacial score (nSPS) is 19.3. The second kappa shape index (κ2) is 4.24. The maximum Gasteiger partial charge on any atom is 0.254 e. The van der Waals surface area contributed by atoms with Gasteiger partial charge in [-0.25, -0.2) is 4.39 Å². The number of nitrogens with one attached hydrogen (secondary N) is 1. The van der Waals surface area contributed by atoms with Gasteiger partial charge in [-0.1, -0.05) is 0 Å². The summed E-state index contributed by atoms with van der Waals surface area (Å²) in [6.45, 7) is 3.93. The predicted octanol–water partition coefficient (Wildman–Crippen LogP) is 0.821. The highest BCUT2D eigenvalue weighted by Gasteiger charge is 2.27. The van der Waals surface area contributed by atoms with Crippen LogP contribution in [0, 0.1) is 5.82 Å². The van der Waals surface area contributed by atoms with Crippen LogP contribution in [0.4, 0.5) is 10.1 Å². The Kier molecular flexibility index (Phi) is 2.70. The summed E-state index contributed by atoms with van der Waals surface area (Å²) in [7, 11) is 1.74. The minimum absolute atomic E-state index is 0.0873. The molecule has 3 rings (SSSR count). The quantitative estimate of drug-likeness (QED) is 0.800. The van der Waals surface area contributed by atoms with E-state index in [0.717, 1.165) is 31.7 Å². The Morgan fingerprint density at radius 1 is 1.28 bits per heavy atom. The second-order valence-electron chi connectivity index (χ2n) is 4.86. The van der Waals surface area contributed by atoms with Crippen molar-refractivity contribution >= 4 is 11.6 Å². The molecule has 2 heterocycles. The van der Waals surface area contributed by atoms with E-state index in [1.54, 1.807) is 11.9 Å². The fourth-order valence-electron chi connectivity index (χ4n) is 2.62. The molecule has 1 amide bonds. The summed E-state index contributed by atoms with van der Waals surface area (Å²) >= 11 is 0. The van der Waals surface area contributed by atoms with Gasteiger partial charge in [-0.05, 0) is 17.7 Å². The fraction of sp³-hybridized carbons (Fsp3) is 0.462. The van der Waals surface area contributed by atoms with Crippen LogP contribution in [0.3, 0.4) is 0 Å². The molecule has 0 bridgehead atoms. The first-order chi connectivity index (χ1) is 8.66. The zero-order valence-electron chi connectivity index (χ0n) is 10.4. The smallest absolute Gasteiger partial charge is 0.254 e. The molecule has 2 aliphatic heterocycles. The number of hydrogen-bond donors (Lipinski definition) is 1. The molecule has 1 saturated heterocycles. The molecular weight excluding hydrogens is 233 g/mol. The molecule has 1 aromatic rings. The van der Waals surface area contributed by atoms with Crippen LogP contribution >= 0.6 is 0 Å². The van der Waals surface area contributed by atoms with E-state index in [0.29, 0.717) is 17.8 Å². The number of hydrogen-bond acceptors (Lipinski definition) is 3. The average molecular weight is 249 g/mol. The third kappa shape index (κ3) is 1.75. The number of fused-ring (bicyclic) bond motifs is 1. The summed E-state index contributed by atoms with van der Waals surface area (Å²) < 4.78 is 14.1. The number of carbonyl (C=O) groups is 1. The highest BCUT2D eigenvalue weighted by molar-refractivity contribution is 5.98. The van der Waals surface area contributed by atoms with Crippen molar-refractivity contribution in [2.24, 2.45) is 0 Å². The van der Waals surface area contributed by atoms with Gasteiger partial charge in [0.1, 0.15) is 5.82 Å². The largest absolute Gasteiger partial charge is 0.367 e. The van der Waals surface area contributed by atoms with Crippen LogP contribution in [0.2, 0.25) is 0 Å². The molecule has 0 unspecified atom stereocenters. The lowest BCUT2D eigenvalue weighted by atomic mass is 10.1. The maximum absolute atomic E-state index is 14.1. The van der Waals surface area contributed by atoms with Crippen molar-refractivity contribution in [2.75, 3.05) is 38.1 Å². The molecule has 1 N–H and O–H groups in total. The van der Waals surface area contributed by atoms with Gasteiger partial charge in [0, 0.05) is 45.3 Å². The molecule has 1 fully saturated rings. The molecule has 18 heavy (non-hydrogen) atoms. The van der Waals surface area contributed by atoms with Gasteiger partial charge in [-0.3, -0.25) is 4.79 Å². The van der Waals surface area contributed by atoms with Crippen LogP contribution in [-0.2, 0) is 6.54 Å². The SMILES string of the molecule is CN1Cc2cc(N3CCNCC3)c(F)cc2C1=O. The minimum atomic E-state index is -0.292. The first kappa shape index (κ1) is 11.5. The van der Waals surface area contributed by atoms with E-state index in [4.69, 9.17) is 0 Å². The summed E-state index contributed by atoms with van der Waals surface area (Å²) in [5, 5.41) is 3.24. The van der Waals surface area contributed by atoms with E-state index >= 15 is 0 Å². The molecule has 5 heteroatoms. The van der Waals surface area contributed by atoms with E-state index < -0.39 is 0 Å². The zero-order chi connectivity index (χ0) is 12.7. The molecule has 2 aliphatic rings. The highest BCUT2D eigenvalue weighted by atomic mass is 19.1. The molecule has 0 radical (unpaired) electrons. The number of anilines is 1. The molecule has 1 aromatic carbocycles. The Morgan fingerprint density at radius 2 is 2.00 bits per heavy atom. The maximum atomic E-state index is 14.1. The Bertz CT molecular complexity index is 497. The van der Waals surface area contributed by atoms with E-state index in [-0.39, 0.29) is 11.7 Å². The topological polar surface area (TPSA) is 35.6 Å². The standard InChI is InChI=1S/C13H16FN3O/c1-16-8-9-6-12(17-4-2-15-3-5-17)11(14)7-10(9)13(16)18/h6-7,15H,2-5,8H2,1H3. The average Bonchev–Trinajstić information content (AvgIpc) is 2.66. The van der Waals surface area contributed by atoms with Gasteiger partial charge in [0.15, 0.2) is 0 Å². The number of rotatable bonds is 1. The lowest BCUT2D eigenvalue weighted by Gasteiger charge is -2.30. The first-order valence-electron chi connectivity index (χ1n) is 6.20. The molecular formula is C13H16FN3O. The monoisotopic (exact) mass is 249 g/mol. The van der Waals surface area contributed by atoms with Gasteiger partial charge in [-0.2, -0.15) is 0 Å². The number of halogens is 1. The van der Waals surface area contributed by atoms with Crippen molar-refractivity contribution in [1.29, 1.82) is 0 Å². The Morgan fingerprint density at radius 3 is 2.72 bits per heavy atom. The zero-order valence-corrected chi connectivity index (χ0v) is 10.4. The van der Waals surface area contributed by atoms with Crippen LogP contribution in [0.1, 0.15) is 15.9 Å². The molecule has 96 valence electrons. The number of benzene rings is 1. The van der Waals surface area contributed by atoms with E-state index in [1.807, 2.05) is 11.0 Å². The molecule has 4 nitrogen and oxygen atoms in total. The summed E-state index contributed by atoms with van der Waals surface area (Å²) in [4.78, 5) is 15.4. The van der Waals surface area contributed by atoms with Gasteiger partial charge in [-0.15, -0.1) is 0 Å². The van der Waals surface area contributed by atoms with E-state index in [2.05, 4.69) is 5.32 Å². The number of carbonyl (C=O) groups excluding carboxylic acids is 1. The Labute approximate surface area is 105 Å². The third-order valence-corrected chi connectivity index (χ3v) is 3.61. The van der Waals surface area contributed by atoms with E-state index in [9.17, 15) is 9.18 Å². The van der Waals surface area contributed by atoms with Crippen LogP contribution in [0.5, 0.6) is 0 Å². The Hall–Kier alpha value is -1.62. The number of amides is 1. The third-order valence-electron chi connectivity index (χ3n) is 3.61. The summed E-state index contributed by atoms with van der Waals surface area (Å²) in [5.74, 6) is -0.380. The van der Waals surface area contributed by atoms with Crippen LogP contribution in [-0.4, -0.2) is 44.0 Å². The molecule has 0 atom stereocenters.